The van der Waals surface area contributed by atoms with Gasteiger partial charge in [0.15, 0.2) is 0 Å². The normalized spacial score (nSPS) is 10.0. The lowest BCUT2D eigenvalue weighted by Gasteiger charge is -2.11. The Kier molecular flexibility index (Phi) is 4.75. The Labute approximate surface area is 131 Å². The first-order chi connectivity index (χ1) is 9.97. The summed E-state index contributed by atoms with van der Waals surface area (Å²) >= 11 is 3.42. The van der Waals surface area contributed by atoms with E-state index in [-0.39, 0.29) is 11.8 Å². The summed E-state index contributed by atoms with van der Waals surface area (Å²) in [4.78, 5) is 23.5. The van der Waals surface area contributed by atoms with Crippen LogP contribution in [0.3, 0.4) is 0 Å². The minimum absolute atomic E-state index is 0.213. The van der Waals surface area contributed by atoms with Crippen molar-refractivity contribution in [1.29, 1.82) is 0 Å². The van der Waals surface area contributed by atoms with Crippen molar-refractivity contribution in [3.63, 3.8) is 0 Å². The van der Waals surface area contributed by atoms with Crippen LogP contribution < -0.4 is 10.6 Å². The maximum atomic E-state index is 12.3. The zero-order chi connectivity index (χ0) is 15.4. The number of amides is 2. The lowest BCUT2D eigenvalue weighted by atomic mass is 10.1. The average Bonchev–Trinajstić information content (AvgIpc) is 2.43. The third kappa shape index (κ3) is 3.92. The first-order valence-corrected chi connectivity index (χ1v) is 7.21. The van der Waals surface area contributed by atoms with Gasteiger partial charge < -0.3 is 10.6 Å². The van der Waals surface area contributed by atoms with Crippen LogP contribution in [0.15, 0.2) is 46.9 Å². The summed E-state index contributed by atoms with van der Waals surface area (Å²) in [6.45, 7) is 3.36. The summed E-state index contributed by atoms with van der Waals surface area (Å²) in [7, 11) is 0. The second-order valence-corrected chi connectivity index (χ2v) is 5.50. The highest BCUT2D eigenvalue weighted by atomic mass is 79.9. The predicted octanol–water partition coefficient (Wildman–Crippen LogP) is 3.97. The number of hydrogen-bond acceptors (Lipinski definition) is 2. The fourth-order valence-corrected chi connectivity index (χ4v) is 2.15. The van der Waals surface area contributed by atoms with Crippen LogP contribution in [0.25, 0.3) is 0 Å². The highest BCUT2D eigenvalue weighted by Gasteiger charge is 2.12. The second kappa shape index (κ2) is 6.54. The van der Waals surface area contributed by atoms with Gasteiger partial charge in [-0.05, 0) is 42.8 Å². The van der Waals surface area contributed by atoms with Crippen molar-refractivity contribution in [2.24, 2.45) is 0 Å². The van der Waals surface area contributed by atoms with Gasteiger partial charge in [0.2, 0.25) is 5.91 Å². The molecule has 0 aliphatic heterocycles. The quantitative estimate of drug-likeness (QED) is 0.883. The average molecular weight is 347 g/mol. The number of benzene rings is 2. The molecule has 108 valence electrons. The molecule has 0 radical (unpaired) electrons. The lowest BCUT2D eigenvalue weighted by molar-refractivity contribution is -0.114. The van der Waals surface area contributed by atoms with Gasteiger partial charge in [-0.25, -0.2) is 0 Å². The number of anilines is 2. The number of carbonyl (C=O) groups is 2. The molecule has 2 aromatic rings. The van der Waals surface area contributed by atoms with E-state index in [9.17, 15) is 9.59 Å². The largest absolute Gasteiger partial charge is 0.326 e. The van der Waals surface area contributed by atoms with Gasteiger partial charge in [-0.15, -0.1) is 0 Å². The van der Waals surface area contributed by atoms with Gasteiger partial charge in [0, 0.05) is 17.1 Å². The first kappa shape index (κ1) is 15.3. The minimum atomic E-state index is -0.263. The monoisotopic (exact) mass is 346 g/mol. The zero-order valence-corrected chi connectivity index (χ0v) is 13.3. The van der Waals surface area contributed by atoms with E-state index >= 15 is 0 Å². The molecule has 0 aromatic heterocycles. The molecule has 0 heterocycles. The van der Waals surface area contributed by atoms with E-state index < -0.39 is 0 Å². The summed E-state index contributed by atoms with van der Waals surface area (Å²) < 4.78 is 0.985. The van der Waals surface area contributed by atoms with Crippen LogP contribution in [0.1, 0.15) is 22.8 Å². The van der Waals surface area contributed by atoms with Crippen LogP contribution in [0.5, 0.6) is 0 Å². The van der Waals surface area contributed by atoms with E-state index in [0.29, 0.717) is 16.9 Å². The van der Waals surface area contributed by atoms with Crippen LogP contribution in [0, 0.1) is 6.92 Å². The Morgan fingerprint density at radius 1 is 1.05 bits per heavy atom. The maximum Gasteiger partial charge on any atom is 0.257 e. The Morgan fingerprint density at radius 3 is 2.43 bits per heavy atom. The molecule has 2 amide bonds. The zero-order valence-electron chi connectivity index (χ0n) is 11.7. The molecular formula is C16H15BrN2O2. The molecule has 0 bridgehead atoms. The molecule has 0 unspecified atom stereocenters. The SMILES string of the molecule is CC(=O)Nc1ccccc1C(=O)Nc1ccc(Br)c(C)c1. The third-order valence-corrected chi connectivity index (χ3v) is 3.79. The highest BCUT2D eigenvalue weighted by Crippen LogP contribution is 2.22. The maximum absolute atomic E-state index is 12.3. The van der Waals surface area contributed by atoms with E-state index in [0.717, 1.165) is 10.0 Å². The van der Waals surface area contributed by atoms with Crippen LogP contribution in [-0.2, 0) is 4.79 Å². The molecule has 2 N–H and O–H groups in total. The molecule has 2 aromatic carbocycles. The van der Waals surface area contributed by atoms with Gasteiger partial charge in [-0.3, -0.25) is 9.59 Å². The minimum Gasteiger partial charge on any atom is -0.326 e. The third-order valence-electron chi connectivity index (χ3n) is 2.90. The van der Waals surface area contributed by atoms with Crippen LogP contribution >= 0.6 is 15.9 Å². The summed E-state index contributed by atoms with van der Waals surface area (Å²) in [6, 6.07) is 12.5. The van der Waals surface area contributed by atoms with Crippen molar-refractivity contribution in [3.05, 3.63) is 58.1 Å². The number of halogens is 1. The number of aryl methyl sites for hydroxylation is 1. The summed E-state index contributed by atoms with van der Waals surface area (Å²) in [6.07, 6.45) is 0. The molecule has 0 spiro atoms. The van der Waals surface area contributed by atoms with E-state index in [1.807, 2.05) is 25.1 Å². The Morgan fingerprint density at radius 2 is 1.76 bits per heavy atom. The van der Waals surface area contributed by atoms with Crippen LogP contribution in [0.2, 0.25) is 0 Å². The summed E-state index contributed by atoms with van der Waals surface area (Å²) in [5, 5.41) is 5.48. The molecule has 0 aliphatic rings. The van der Waals surface area contributed by atoms with Gasteiger partial charge in [0.1, 0.15) is 0 Å². The molecular weight excluding hydrogens is 332 g/mol. The molecule has 0 fully saturated rings. The van der Waals surface area contributed by atoms with E-state index in [4.69, 9.17) is 0 Å². The smallest absolute Gasteiger partial charge is 0.257 e. The Hall–Kier alpha value is -2.14. The van der Waals surface area contributed by atoms with Crippen LogP contribution in [0.4, 0.5) is 11.4 Å². The number of nitrogens with one attached hydrogen (secondary N) is 2. The van der Waals surface area contributed by atoms with Crippen molar-refractivity contribution in [2.75, 3.05) is 10.6 Å². The van der Waals surface area contributed by atoms with Gasteiger partial charge in [0.25, 0.3) is 5.91 Å². The van der Waals surface area contributed by atoms with Gasteiger partial charge >= 0.3 is 0 Å². The van der Waals surface area contributed by atoms with Crippen molar-refractivity contribution < 1.29 is 9.59 Å². The summed E-state index contributed by atoms with van der Waals surface area (Å²) in [5.41, 5.74) is 2.66. The molecule has 0 saturated carbocycles. The Bertz CT molecular complexity index is 698. The summed E-state index contributed by atoms with van der Waals surface area (Å²) in [5.74, 6) is -0.476. The number of rotatable bonds is 3. The number of hydrogen-bond donors (Lipinski definition) is 2. The van der Waals surface area contributed by atoms with Crippen molar-refractivity contribution in [2.45, 2.75) is 13.8 Å². The lowest BCUT2D eigenvalue weighted by Crippen LogP contribution is -2.16. The molecule has 5 heteroatoms. The fourth-order valence-electron chi connectivity index (χ4n) is 1.90. The fraction of sp³-hybridized carbons (Fsp3) is 0.125. The van der Waals surface area contributed by atoms with E-state index in [1.165, 1.54) is 6.92 Å². The Balaban J connectivity index is 2.24. The number of carbonyl (C=O) groups excluding carboxylic acids is 2. The van der Waals surface area contributed by atoms with Crippen molar-refractivity contribution in [1.82, 2.24) is 0 Å². The first-order valence-electron chi connectivity index (χ1n) is 6.41. The number of para-hydroxylation sites is 1. The predicted molar refractivity (Wildman–Crippen MR) is 87.6 cm³/mol. The van der Waals surface area contributed by atoms with E-state index in [1.54, 1.807) is 24.3 Å². The standard InChI is InChI=1S/C16H15BrN2O2/c1-10-9-12(7-8-14(10)17)19-16(21)13-5-3-4-6-15(13)18-11(2)20/h3-9H,1-2H3,(H,18,20)(H,19,21). The van der Waals surface area contributed by atoms with Crippen molar-refractivity contribution in [3.8, 4) is 0 Å². The van der Waals surface area contributed by atoms with Crippen LogP contribution in [-0.4, -0.2) is 11.8 Å². The molecule has 0 aliphatic carbocycles. The topological polar surface area (TPSA) is 58.2 Å². The molecule has 4 nitrogen and oxygen atoms in total. The van der Waals surface area contributed by atoms with Crippen molar-refractivity contribution >= 4 is 39.1 Å². The highest BCUT2D eigenvalue weighted by molar-refractivity contribution is 9.10. The molecule has 0 saturated heterocycles. The van der Waals surface area contributed by atoms with E-state index in [2.05, 4.69) is 26.6 Å². The molecule has 0 atom stereocenters. The molecule has 21 heavy (non-hydrogen) atoms. The van der Waals surface area contributed by atoms with Gasteiger partial charge in [0.05, 0.1) is 11.3 Å². The van der Waals surface area contributed by atoms with Gasteiger partial charge in [-0.1, -0.05) is 28.1 Å². The second-order valence-electron chi connectivity index (χ2n) is 4.64. The molecule has 2 rings (SSSR count). The van der Waals surface area contributed by atoms with Gasteiger partial charge in [-0.2, -0.15) is 0 Å².